The second-order valence-electron chi connectivity index (χ2n) is 9.71. The number of rotatable bonds is 9. The normalized spacial score (nSPS) is 17.5. The van der Waals surface area contributed by atoms with Crippen molar-refractivity contribution in [3.8, 4) is 28.7 Å². The molecule has 2 aliphatic rings. The van der Waals surface area contributed by atoms with Gasteiger partial charge in [0.1, 0.15) is 34.9 Å². The molecule has 0 aromatic heterocycles. The Kier molecular flexibility index (Phi) is 7.94. The molecule has 0 saturated carbocycles. The lowest BCUT2D eigenvalue weighted by Gasteiger charge is -2.36. The van der Waals surface area contributed by atoms with Crippen molar-refractivity contribution in [2.45, 2.75) is 18.9 Å². The predicted octanol–water partition coefficient (Wildman–Crippen LogP) is 5.54. The standard InChI is InChI=1S/C31H36N2O5/c1-22-19-29(23-9-11-24(35-2)12-10-23)38-30-21-25(20-27(34)31(22)30)37-18-6-13-32-14-16-33(17-15-32)26-7-4-5-8-28(26)36-3/h4-5,7-12,20-21,29,34H,1,6,13-19H2,2-3H3. The van der Waals surface area contributed by atoms with Crippen LogP contribution in [0, 0.1) is 0 Å². The molecule has 3 aromatic carbocycles. The van der Waals surface area contributed by atoms with Crippen LogP contribution in [-0.2, 0) is 0 Å². The molecule has 7 heteroatoms. The van der Waals surface area contributed by atoms with Gasteiger partial charge in [-0.2, -0.15) is 0 Å². The summed E-state index contributed by atoms with van der Waals surface area (Å²) in [7, 11) is 3.37. The maximum Gasteiger partial charge on any atom is 0.142 e. The number of piperazine rings is 1. The first-order valence-electron chi connectivity index (χ1n) is 13.1. The number of benzene rings is 3. The fourth-order valence-electron chi connectivity index (χ4n) is 5.21. The van der Waals surface area contributed by atoms with Gasteiger partial charge in [0, 0.05) is 51.3 Å². The quantitative estimate of drug-likeness (QED) is 0.375. The average molecular weight is 517 g/mol. The molecule has 0 radical (unpaired) electrons. The van der Waals surface area contributed by atoms with Gasteiger partial charge >= 0.3 is 0 Å². The first kappa shape index (κ1) is 25.8. The number of phenols is 1. The minimum absolute atomic E-state index is 0.142. The Morgan fingerprint density at radius 2 is 1.71 bits per heavy atom. The summed E-state index contributed by atoms with van der Waals surface area (Å²) < 4.78 is 23.1. The number of hydrogen-bond donors (Lipinski definition) is 1. The average Bonchev–Trinajstić information content (AvgIpc) is 2.95. The number of anilines is 1. The molecule has 1 unspecified atom stereocenters. The van der Waals surface area contributed by atoms with Crippen LogP contribution in [0.3, 0.4) is 0 Å². The van der Waals surface area contributed by atoms with E-state index >= 15 is 0 Å². The van der Waals surface area contributed by atoms with Crippen molar-refractivity contribution in [1.29, 1.82) is 0 Å². The van der Waals surface area contributed by atoms with Gasteiger partial charge in [-0.05, 0) is 41.8 Å². The Balaban J connectivity index is 1.13. The second kappa shape index (κ2) is 11.7. The summed E-state index contributed by atoms with van der Waals surface area (Å²) in [6.07, 6.45) is 1.33. The number of nitrogens with zero attached hydrogens (tertiary/aromatic N) is 2. The van der Waals surface area contributed by atoms with Crippen LogP contribution >= 0.6 is 0 Å². The molecule has 1 fully saturated rings. The van der Waals surface area contributed by atoms with E-state index in [0.29, 0.717) is 30.1 Å². The number of aromatic hydroxyl groups is 1. The molecular weight excluding hydrogens is 480 g/mol. The van der Waals surface area contributed by atoms with Crippen molar-refractivity contribution in [3.05, 3.63) is 78.4 Å². The molecule has 1 atom stereocenters. The molecule has 1 N–H and O–H groups in total. The zero-order valence-corrected chi connectivity index (χ0v) is 22.2. The van der Waals surface area contributed by atoms with E-state index in [1.165, 1.54) is 0 Å². The lowest BCUT2D eigenvalue weighted by Crippen LogP contribution is -2.46. The van der Waals surface area contributed by atoms with Crippen LogP contribution < -0.4 is 23.8 Å². The summed E-state index contributed by atoms with van der Waals surface area (Å²) in [5.74, 6) is 3.07. The third-order valence-corrected chi connectivity index (χ3v) is 7.28. The van der Waals surface area contributed by atoms with Gasteiger partial charge in [-0.15, -0.1) is 0 Å². The third-order valence-electron chi connectivity index (χ3n) is 7.28. The highest BCUT2D eigenvalue weighted by Crippen LogP contribution is 2.47. The van der Waals surface area contributed by atoms with Crippen LogP contribution in [0.2, 0.25) is 0 Å². The third kappa shape index (κ3) is 5.68. The number of phenolic OH excluding ortho intramolecular Hbond substituents is 1. The maximum atomic E-state index is 10.7. The number of methoxy groups -OCH3 is 2. The van der Waals surface area contributed by atoms with Crippen molar-refractivity contribution in [3.63, 3.8) is 0 Å². The fourth-order valence-corrected chi connectivity index (χ4v) is 5.21. The van der Waals surface area contributed by atoms with Gasteiger partial charge in [0.25, 0.3) is 0 Å². The Labute approximate surface area is 224 Å². The topological polar surface area (TPSA) is 63.6 Å². The molecule has 5 rings (SSSR count). The van der Waals surface area contributed by atoms with Crippen molar-refractivity contribution < 1.29 is 24.1 Å². The Bertz CT molecular complexity index is 1250. The molecule has 0 spiro atoms. The highest BCUT2D eigenvalue weighted by molar-refractivity contribution is 5.76. The Hall–Kier alpha value is -3.84. The van der Waals surface area contributed by atoms with Crippen molar-refractivity contribution in [2.24, 2.45) is 0 Å². The van der Waals surface area contributed by atoms with E-state index in [0.717, 1.165) is 67.5 Å². The van der Waals surface area contributed by atoms with Crippen LogP contribution in [0.5, 0.6) is 28.7 Å². The molecule has 200 valence electrons. The minimum Gasteiger partial charge on any atom is -0.507 e. The van der Waals surface area contributed by atoms with E-state index in [2.05, 4.69) is 28.5 Å². The summed E-state index contributed by atoms with van der Waals surface area (Å²) >= 11 is 0. The predicted molar refractivity (Wildman–Crippen MR) is 150 cm³/mol. The van der Waals surface area contributed by atoms with E-state index in [1.807, 2.05) is 42.5 Å². The van der Waals surface area contributed by atoms with Gasteiger partial charge in [-0.1, -0.05) is 30.8 Å². The van der Waals surface area contributed by atoms with Crippen molar-refractivity contribution in [1.82, 2.24) is 4.90 Å². The second-order valence-corrected chi connectivity index (χ2v) is 9.71. The lowest BCUT2D eigenvalue weighted by atomic mass is 9.93. The van der Waals surface area contributed by atoms with Crippen LogP contribution in [0.4, 0.5) is 5.69 Å². The van der Waals surface area contributed by atoms with Gasteiger partial charge < -0.3 is 29.0 Å². The number of ether oxygens (including phenoxy) is 4. The van der Waals surface area contributed by atoms with Crippen LogP contribution in [0.1, 0.15) is 30.1 Å². The summed E-state index contributed by atoms with van der Waals surface area (Å²) in [6.45, 7) is 9.66. The molecular formula is C31H36N2O5. The zero-order chi connectivity index (χ0) is 26.5. The monoisotopic (exact) mass is 516 g/mol. The first-order valence-corrected chi connectivity index (χ1v) is 13.1. The van der Waals surface area contributed by atoms with Gasteiger partial charge in [0.05, 0.1) is 32.1 Å². The van der Waals surface area contributed by atoms with Gasteiger partial charge in [0.2, 0.25) is 0 Å². The maximum absolute atomic E-state index is 10.7. The van der Waals surface area contributed by atoms with Crippen LogP contribution in [0.25, 0.3) is 5.57 Å². The summed E-state index contributed by atoms with van der Waals surface area (Å²) in [5.41, 5.74) is 3.71. The fraction of sp³-hybridized carbons (Fsp3) is 0.355. The molecule has 0 aliphatic carbocycles. The number of fused-ring (bicyclic) bond motifs is 1. The molecule has 38 heavy (non-hydrogen) atoms. The molecule has 3 aromatic rings. The first-order chi connectivity index (χ1) is 18.6. The molecule has 2 heterocycles. The van der Waals surface area contributed by atoms with E-state index in [1.54, 1.807) is 20.3 Å². The highest BCUT2D eigenvalue weighted by Gasteiger charge is 2.27. The zero-order valence-electron chi connectivity index (χ0n) is 22.2. The number of hydrogen-bond acceptors (Lipinski definition) is 7. The molecule has 7 nitrogen and oxygen atoms in total. The summed E-state index contributed by atoms with van der Waals surface area (Å²) in [5, 5.41) is 10.7. The van der Waals surface area contributed by atoms with Gasteiger partial charge in [0.15, 0.2) is 0 Å². The SMILES string of the molecule is C=C1CC(c2ccc(OC)cc2)Oc2cc(OCCCN3CCN(c4ccccc4OC)CC3)cc(O)c21. The van der Waals surface area contributed by atoms with Crippen molar-refractivity contribution >= 4 is 11.3 Å². The number of para-hydroxylation sites is 2. The smallest absolute Gasteiger partial charge is 0.142 e. The van der Waals surface area contributed by atoms with Crippen LogP contribution in [-0.4, -0.2) is 63.6 Å². The molecule has 0 amide bonds. The van der Waals surface area contributed by atoms with E-state index in [-0.39, 0.29) is 11.9 Å². The molecule has 2 aliphatic heterocycles. The largest absolute Gasteiger partial charge is 0.507 e. The van der Waals surface area contributed by atoms with Gasteiger partial charge in [-0.25, -0.2) is 0 Å². The minimum atomic E-state index is -0.176. The summed E-state index contributed by atoms with van der Waals surface area (Å²) in [4.78, 5) is 4.85. The molecule has 0 bridgehead atoms. The molecule has 1 saturated heterocycles. The highest BCUT2D eigenvalue weighted by atomic mass is 16.5. The van der Waals surface area contributed by atoms with Gasteiger partial charge in [-0.3, -0.25) is 4.90 Å². The van der Waals surface area contributed by atoms with E-state index in [9.17, 15) is 5.11 Å². The lowest BCUT2D eigenvalue weighted by molar-refractivity contribution is 0.198. The summed E-state index contributed by atoms with van der Waals surface area (Å²) in [6, 6.07) is 19.6. The van der Waals surface area contributed by atoms with Crippen LogP contribution in [0.15, 0.2) is 67.2 Å². The van der Waals surface area contributed by atoms with Crippen molar-refractivity contribution in [2.75, 3.05) is 58.5 Å². The van der Waals surface area contributed by atoms with E-state index < -0.39 is 0 Å². The van der Waals surface area contributed by atoms with E-state index in [4.69, 9.17) is 18.9 Å². The Morgan fingerprint density at radius 1 is 0.947 bits per heavy atom. The Morgan fingerprint density at radius 3 is 2.45 bits per heavy atom.